The van der Waals surface area contributed by atoms with E-state index in [0.29, 0.717) is 6.61 Å². The Morgan fingerprint density at radius 2 is 1.76 bits per heavy atom. The van der Waals surface area contributed by atoms with E-state index >= 15 is 0 Å². The first kappa shape index (κ1) is 26.4. The Balaban J connectivity index is 1.64. The van der Waals surface area contributed by atoms with Gasteiger partial charge in [0.15, 0.2) is 12.1 Å². The quantitative estimate of drug-likeness (QED) is 0.515. The maximum atomic E-state index is 12.7. The van der Waals surface area contributed by atoms with Crippen LogP contribution in [0.15, 0.2) is 30.3 Å². The van der Waals surface area contributed by atoms with Crippen molar-refractivity contribution in [2.75, 3.05) is 6.61 Å². The third-order valence-corrected chi connectivity index (χ3v) is 5.35. The normalized spacial score (nSPS) is 27.5. The lowest BCUT2D eigenvalue weighted by Crippen LogP contribution is -2.55. The molecule has 2 amide bonds. The summed E-state index contributed by atoms with van der Waals surface area (Å²) in [5.74, 6) is -1.38. The van der Waals surface area contributed by atoms with Crippen molar-refractivity contribution in [1.82, 2.24) is 10.6 Å². The van der Waals surface area contributed by atoms with Gasteiger partial charge in [0.05, 0.1) is 19.3 Å². The van der Waals surface area contributed by atoms with E-state index in [2.05, 4.69) is 10.6 Å². The molecule has 2 aliphatic heterocycles. The first-order valence-electron chi connectivity index (χ1n) is 11.5. The van der Waals surface area contributed by atoms with E-state index < -0.39 is 66.7 Å². The predicted molar refractivity (Wildman–Crippen MR) is 122 cm³/mol. The summed E-state index contributed by atoms with van der Waals surface area (Å²) >= 11 is 0. The van der Waals surface area contributed by atoms with Crippen LogP contribution in [-0.2, 0) is 35.1 Å². The van der Waals surface area contributed by atoms with Gasteiger partial charge in [-0.2, -0.15) is 0 Å². The Morgan fingerprint density at radius 1 is 1.12 bits per heavy atom. The highest BCUT2D eigenvalue weighted by atomic mass is 16.8. The number of alkyl carbamates (subject to hydrolysis) is 1. The molecule has 0 unspecified atom stereocenters. The lowest BCUT2D eigenvalue weighted by atomic mass is 10.0. The molecule has 0 bridgehead atoms. The maximum Gasteiger partial charge on any atom is 0.408 e. The summed E-state index contributed by atoms with van der Waals surface area (Å²) in [5, 5.41) is 15.3. The molecule has 0 spiro atoms. The molecule has 1 aromatic carbocycles. The fourth-order valence-electron chi connectivity index (χ4n) is 3.89. The zero-order chi connectivity index (χ0) is 25.1. The van der Waals surface area contributed by atoms with Crippen molar-refractivity contribution < 1.29 is 38.4 Å². The Labute approximate surface area is 200 Å². The summed E-state index contributed by atoms with van der Waals surface area (Å²) in [5.41, 5.74) is 0.278. The molecule has 190 valence electrons. The molecule has 0 radical (unpaired) electrons. The largest absolute Gasteiger partial charge is 0.444 e. The summed E-state index contributed by atoms with van der Waals surface area (Å²) in [7, 11) is 0. The van der Waals surface area contributed by atoms with Gasteiger partial charge in [-0.15, -0.1) is 0 Å². The number of ether oxygens (including phenoxy) is 5. The SMILES string of the molecule is C[C@H](NC(=O)OC(C)(C)C)C(=O)N[C@H](CO)[C@H]1O[C@H](OCc2ccccc2)[C@H]2OC(C)(C)O[C@H]21. The molecule has 3 rings (SSSR count). The number of amides is 2. The molecule has 2 heterocycles. The molecule has 0 saturated carbocycles. The summed E-state index contributed by atoms with van der Waals surface area (Å²) in [6, 6.07) is 7.93. The number of carbonyl (C=O) groups excluding carboxylic acids is 2. The molecule has 0 aliphatic carbocycles. The second-order valence-electron chi connectivity index (χ2n) is 10.00. The van der Waals surface area contributed by atoms with E-state index in [1.807, 2.05) is 30.3 Å². The molecule has 6 atom stereocenters. The fraction of sp³-hybridized carbons (Fsp3) is 0.667. The smallest absolute Gasteiger partial charge is 0.408 e. The van der Waals surface area contributed by atoms with Gasteiger partial charge >= 0.3 is 6.09 Å². The van der Waals surface area contributed by atoms with Crippen LogP contribution in [-0.4, -0.2) is 71.8 Å². The van der Waals surface area contributed by atoms with Crippen LogP contribution in [0.3, 0.4) is 0 Å². The van der Waals surface area contributed by atoms with Crippen molar-refractivity contribution in [3.05, 3.63) is 35.9 Å². The minimum absolute atomic E-state index is 0.304. The van der Waals surface area contributed by atoms with E-state index in [-0.39, 0.29) is 0 Å². The fourth-order valence-corrected chi connectivity index (χ4v) is 3.89. The van der Waals surface area contributed by atoms with E-state index in [0.717, 1.165) is 5.56 Å². The summed E-state index contributed by atoms with van der Waals surface area (Å²) in [6.45, 7) is 10.2. The Bertz CT molecular complexity index is 841. The van der Waals surface area contributed by atoms with Crippen molar-refractivity contribution >= 4 is 12.0 Å². The number of hydrogen-bond donors (Lipinski definition) is 3. The Morgan fingerprint density at radius 3 is 2.38 bits per heavy atom. The van der Waals surface area contributed by atoms with Gasteiger partial charge in [0.25, 0.3) is 0 Å². The summed E-state index contributed by atoms with van der Waals surface area (Å²) < 4.78 is 29.3. The Hall–Kier alpha value is -2.24. The number of nitrogens with one attached hydrogen (secondary N) is 2. The summed E-state index contributed by atoms with van der Waals surface area (Å²) in [4.78, 5) is 24.7. The van der Waals surface area contributed by atoms with Crippen LogP contribution in [0.2, 0.25) is 0 Å². The minimum Gasteiger partial charge on any atom is -0.444 e. The van der Waals surface area contributed by atoms with Crippen LogP contribution in [0.5, 0.6) is 0 Å². The van der Waals surface area contributed by atoms with Gasteiger partial charge < -0.3 is 39.4 Å². The van der Waals surface area contributed by atoms with Crippen molar-refractivity contribution in [3.8, 4) is 0 Å². The lowest BCUT2D eigenvalue weighted by Gasteiger charge is -2.29. The molecule has 10 nitrogen and oxygen atoms in total. The highest BCUT2D eigenvalue weighted by molar-refractivity contribution is 5.85. The van der Waals surface area contributed by atoms with Gasteiger partial charge in [0.2, 0.25) is 5.91 Å². The van der Waals surface area contributed by atoms with E-state index in [4.69, 9.17) is 23.7 Å². The number of aliphatic hydroxyl groups is 1. The highest BCUT2D eigenvalue weighted by Crippen LogP contribution is 2.40. The number of carbonyl (C=O) groups is 2. The number of rotatable bonds is 8. The van der Waals surface area contributed by atoms with Crippen LogP contribution < -0.4 is 10.6 Å². The molecule has 2 saturated heterocycles. The van der Waals surface area contributed by atoms with E-state index in [9.17, 15) is 14.7 Å². The first-order chi connectivity index (χ1) is 15.9. The minimum atomic E-state index is -0.900. The highest BCUT2D eigenvalue weighted by Gasteiger charge is 2.57. The maximum absolute atomic E-state index is 12.7. The van der Waals surface area contributed by atoms with Gasteiger partial charge in [0, 0.05) is 0 Å². The van der Waals surface area contributed by atoms with Gasteiger partial charge in [-0.1, -0.05) is 30.3 Å². The van der Waals surface area contributed by atoms with Crippen LogP contribution in [0, 0.1) is 0 Å². The topological polar surface area (TPSA) is 125 Å². The lowest BCUT2D eigenvalue weighted by molar-refractivity contribution is -0.240. The number of benzene rings is 1. The molecule has 1 aromatic rings. The first-order valence-corrected chi connectivity index (χ1v) is 11.5. The molecule has 3 N–H and O–H groups in total. The molecule has 10 heteroatoms. The van der Waals surface area contributed by atoms with Gasteiger partial charge in [-0.05, 0) is 47.1 Å². The zero-order valence-electron chi connectivity index (χ0n) is 20.6. The molecule has 2 fully saturated rings. The molecule has 34 heavy (non-hydrogen) atoms. The van der Waals surface area contributed by atoms with Crippen LogP contribution >= 0.6 is 0 Å². The molecular formula is C24H36N2O8. The second-order valence-corrected chi connectivity index (χ2v) is 10.00. The van der Waals surface area contributed by atoms with Gasteiger partial charge in [-0.3, -0.25) is 4.79 Å². The number of aliphatic hydroxyl groups excluding tert-OH is 1. The molecule has 2 aliphatic rings. The van der Waals surface area contributed by atoms with E-state index in [1.165, 1.54) is 6.92 Å². The van der Waals surface area contributed by atoms with Crippen molar-refractivity contribution in [1.29, 1.82) is 0 Å². The average molecular weight is 481 g/mol. The average Bonchev–Trinajstić information content (AvgIpc) is 3.22. The van der Waals surface area contributed by atoms with Crippen molar-refractivity contribution in [3.63, 3.8) is 0 Å². The molecule has 0 aromatic heterocycles. The van der Waals surface area contributed by atoms with E-state index in [1.54, 1.807) is 34.6 Å². The van der Waals surface area contributed by atoms with Crippen molar-refractivity contribution in [2.24, 2.45) is 0 Å². The standard InChI is InChI=1S/C24H36N2O8/c1-14(25-22(29)34-23(2,3)4)20(28)26-16(12-27)17-18-19(33-24(5,6)32-18)21(31-17)30-13-15-10-8-7-9-11-15/h7-11,14,16-19,21,27H,12-13H2,1-6H3,(H,25,29)(H,26,28)/t14-,16+,17+,18-,19-,21-/m0/s1. The second kappa shape index (κ2) is 10.6. The zero-order valence-corrected chi connectivity index (χ0v) is 20.6. The number of fused-ring (bicyclic) bond motifs is 1. The third kappa shape index (κ3) is 6.89. The number of hydrogen-bond acceptors (Lipinski definition) is 8. The van der Waals surface area contributed by atoms with Crippen molar-refractivity contribution in [2.45, 2.75) is 96.2 Å². The predicted octanol–water partition coefficient (Wildman–Crippen LogP) is 1.84. The Kier molecular flexibility index (Phi) is 8.20. The summed E-state index contributed by atoms with van der Waals surface area (Å²) in [6.07, 6.45) is -3.29. The van der Waals surface area contributed by atoms with Crippen LogP contribution in [0.4, 0.5) is 4.79 Å². The third-order valence-electron chi connectivity index (χ3n) is 5.35. The van der Waals surface area contributed by atoms with Gasteiger partial charge in [0.1, 0.15) is 30.0 Å². The van der Waals surface area contributed by atoms with Crippen LogP contribution in [0.1, 0.15) is 47.1 Å². The van der Waals surface area contributed by atoms with Crippen LogP contribution in [0.25, 0.3) is 0 Å². The van der Waals surface area contributed by atoms with Gasteiger partial charge in [-0.25, -0.2) is 4.79 Å². The monoisotopic (exact) mass is 480 g/mol. The molecular weight excluding hydrogens is 444 g/mol.